The molecule has 0 aliphatic heterocycles. The maximum Gasteiger partial charge on any atom is 0.354 e. The van der Waals surface area contributed by atoms with E-state index in [4.69, 9.17) is 4.74 Å². The summed E-state index contributed by atoms with van der Waals surface area (Å²) < 4.78 is 48.6. The highest BCUT2D eigenvalue weighted by Crippen LogP contribution is 2.32. The van der Waals surface area contributed by atoms with Crippen LogP contribution in [0.5, 0.6) is 5.75 Å². The van der Waals surface area contributed by atoms with E-state index in [-0.39, 0.29) is 27.4 Å². The quantitative estimate of drug-likeness (QED) is 0.428. The van der Waals surface area contributed by atoms with Crippen LogP contribution < -0.4 is 14.7 Å². The van der Waals surface area contributed by atoms with Gasteiger partial charge in [0, 0.05) is 7.05 Å². The van der Waals surface area contributed by atoms with Crippen LogP contribution in [0.2, 0.25) is 0 Å². The molecule has 0 atom stereocenters. The number of anilines is 1. The lowest BCUT2D eigenvalue weighted by atomic mass is 10.2. The van der Waals surface area contributed by atoms with Crippen LogP contribution >= 0.6 is 0 Å². The number of imidazole rings is 1. The number of H-pyrrole nitrogens is 1. The van der Waals surface area contributed by atoms with Gasteiger partial charge < -0.3 is 14.8 Å². The molecule has 12 heteroatoms. The number of carbonyl (C=O) groups is 1. The molecule has 176 valence electrons. The summed E-state index contributed by atoms with van der Waals surface area (Å²) in [5.41, 5.74) is -0.845. The summed E-state index contributed by atoms with van der Waals surface area (Å²) in [5, 5.41) is 9.33. The topological polar surface area (TPSA) is 135 Å². The Labute approximate surface area is 192 Å². The van der Waals surface area contributed by atoms with Crippen LogP contribution in [0.1, 0.15) is 16.1 Å². The summed E-state index contributed by atoms with van der Waals surface area (Å²) in [5.74, 6) is -1.92. The molecule has 2 aromatic heterocycles. The van der Waals surface area contributed by atoms with Gasteiger partial charge in [-0.3, -0.25) is 4.31 Å². The van der Waals surface area contributed by atoms with Crippen molar-refractivity contribution in [2.45, 2.75) is 11.8 Å². The van der Waals surface area contributed by atoms with E-state index in [1.807, 2.05) is 0 Å². The number of carboxylic acids is 1. The number of carboxylic acid groups (broad SMARTS) is 1. The lowest BCUT2D eigenvalue weighted by molar-refractivity contribution is 0.0690. The van der Waals surface area contributed by atoms with Gasteiger partial charge in [0.15, 0.2) is 11.3 Å². The van der Waals surface area contributed by atoms with Gasteiger partial charge in [-0.1, -0.05) is 12.1 Å². The zero-order valence-corrected chi connectivity index (χ0v) is 19.1. The number of halogens is 1. The van der Waals surface area contributed by atoms with Gasteiger partial charge in [-0.15, -0.1) is 0 Å². The molecule has 0 amide bonds. The molecule has 0 saturated carbocycles. The van der Waals surface area contributed by atoms with Crippen molar-refractivity contribution in [2.24, 2.45) is 0 Å². The number of pyridine rings is 1. The number of hydrogen-bond acceptors (Lipinski definition) is 6. The molecule has 0 aliphatic carbocycles. The van der Waals surface area contributed by atoms with Crippen molar-refractivity contribution in [1.29, 1.82) is 0 Å². The van der Waals surface area contributed by atoms with Gasteiger partial charge in [0.1, 0.15) is 11.6 Å². The molecule has 0 fully saturated rings. The Kier molecular flexibility index (Phi) is 5.61. The number of methoxy groups -OCH3 is 1. The summed E-state index contributed by atoms with van der Waals surface area (Å²) in [6, 6.07) is 10.7. The number of nitrogens with one attached hydrogen (secondary N) is 1. The maximum atomic E-state index is 14.9. The Hall–Kier alpha value is -4.19. The van der Waals surface area contributed by atoms with Crippen LogP contribution in [-0.4, -0.2) is 48.2 Å². The third-order valence-electron chi connectivity index (χ3n) is 5.30. The fourth-order valence-corrected chi connectivity index (χ4v) is 4.79. The highest BCUT2D eigenvalue weighted by molar-refractivity contribution is 7.92. The lowest BCUT2D eigenvalue weighted by Gasteiger charge is -2.22. The molecule has 4 rings (SSSR count). The number of aryl methyl sites for hydroxylation is 1. The van der Waals surface area contributed by atoms with Crippen LogP contribution in [0.25, 0.3) is 16.9 Å². The Morgan fingerprint density at radius 3 is 2.59 bits per heavy atom. The summed E-state index contributed by atoms with van der Waals surface area (Å²) >= 11 is 0. The van der Waals surface area contributed by atoms with Crippen molar-refractivity contribution in [3.05, 3.63) is 76.1 Å². The van der Waals surface area contributed by atoms with Crippen LogP contribution in [0.15, 0.2) is 58.2 Å². The lowest BCUT2D eigenvalue weighted by Crippen LogP contribution is -2.27. The number of aromatic amines is 1. The molecule has 2 aromatic carbocycles. The van der Waals surface area contributed by atoms with Crippen molar-refractivity contribution in [2.75, 3.05) is 18.5 Å². The summed E-state index contributed by atoms with van der Waals surface area (Å²) in [7, 11) is -1.48. The second-order valence-electron chi connectivity index (χ2n) is 7.35. The third kappa shape index (κ3) is 3.67. The van der Waals surface area contributed by atoms with Gasteiger partial charge in [0.25, 0.3) is 10.0 Å². The van der Waals surface area contributed by atoms with E-state index in [1.54, 1.807) is 31.2 Å². The van der Waals surface area contributed by atoms with Crippen LogP contribution in [0.3, 0.4) is 0 Å². The Bertz CT molecular complexity index is 1610. The highest BCUT2D eigenvalue weighted by Gasteiger charge is 2.26. The smallest absolute Gasteiger partial charge is 0.354 e. The standard InChI is InChI=1S/C22H19FN4O6S/c1-12-10-15(21(28)29)24-20-19(12)25-22(30)27(20)17-11-13(8-9-14(17)23)34(31,32)26(2)16-6-4-5-7-18(16)33-3/h4-11H,1-3H3,(H,25,30)(H,28,29). The molecular weight excluding hydrogens is 467 g/mol. The normalized spacial score (nSPS) is 11.5. The number of para-hydroxylation sites is 2. The Morgan fingerprint density at radius 1 is 1.21 bits per heavy atom. The summed E-state index contributed by atoms with van der Waals surface area (Å²) in [6.07, 6.45) is 0. The van der Waals surface area contributed by atoms with E-state index in [0.717, 1.165) is 27.1 Å². The minimum Gasteiger partial charge on any atom is -0.495 e. The number of benzene rings is 2. The molecule has 10 nitrogen and oxygen atoms in total. The largest absolute Gasteiger partial charge is 0.495 e. The minimum absolute atomic E-state index is 0.145. The number of sulfonamides is 1. The number of aromatic nitrogens is 3. The number of nitrogens with zero attached hydrogens (tertiary/aromatic N) is 3. The van der Waals surface area contributed by atoms with E-state index in [0.29, 0.717) is 11.3 Å². The Balaban J connectivity index is 1.92. The SMILES string of the molecule is COc1ccccc1N(C)S(=O)(=O)c1ccc(F)c(-n2c(=O)[nH]c3c(C)cc(C(=O)O)nc32)c1. The fraction of sp³-hybridized carbons (Fsp3) is 0.136. The Morgan fingerprint density at radius 2 is 1.91 bits per heavy atom. The van der Waals surface area contributed by atoms with Gasteiger partial charge in [0.2, 0.25) is 0 Å². The maximum absolute atomic E-state index is 14.9. The first-order valence-electron chi connectivity index (χ1n) is 9.83. The first kappa shape index (κ1) is 23.0. The molecule has 0 saturated heterocycles. The number of hydrogen-bond donors (Lipinski definition) is 2. The highest BCUT2D eigenvalue weighted by atomic mass is 32.2. The molecule has 2 heterocycles. The molecule has 0 unspecified atom stereocenters. The molecular formula is C22H19FN4O6S. The number of aromatic carboxylic acids is 1. The predicted octanol–water partition coefficient (Wildman–Crippen LogP) is 2.69. The van der Waals surface area contributed by atoms with Gasteiger partial charge in [-0.2, -0.15) is 0 Å². The van der Waals surface area contributed by atoms with Crippen molar-refractivity contribution in [3.8, 4) is 11.4 Å². The second kappa shape index (κ2) is 8.30. The molecule has 34 heavy (non-hydrogen) atoms. The van der Waals surface area contributed by atoms with E-state index in [1.165, 1.54) is 20.2 Å². The minimum atomic E-state index is -4.20. The van der Waals surface area contributed by atoms with Crippen LogP contribution in [0.4, 0.5) is 10.1 Å². The number of fused-ring (bicyclic) bond motifs is 1. The zero-order valence-electron chi connectivity index (χ0n) is 18.2. The monoisotopic (exact) mass is 486 g/mol. The number of rotatable bonds is 6. The first-order valence-corrected chi connectivity index (χ1v) is 11.3. The average molecular weight is 486 g/mol. The molecule has 0 bridgehead atoms. The second-order valence-corrected chi connectivity index (χ2v) is 9.32. The van der Waals surface area contributed by atoms with Crippen molar-refractivity contribution < 1.29 is 27.4 Å². The molecule has 0 spiro atoms. The van der Waals surface area contributed by atoms with E-state index >= 15 is 0 Å². The third-order valence-corrected chi connectivity index (χ3v) is 7.07. The van der Waals surface area contributed by atoms with Gasteiger partial charge in [-0.05, 0) is 48.9 Å². The predicted molar refractivity (Wildman–Crippen MR) is 122 cm³/mol. The van der Waals surface area contributed by atoms with Crippen molar-refractivity contribution in [1.82, 2.24) is 14.5 Å². The van der Waals surface area contributed by atoms with E-state index < -0.39 is 33.2 Å². The zero-order chi connectivity index (χ0) is 24.8. The van der Waals surface area contributed by atoms with Gasteiger partial charge in [0.05, 0.1) is 28.9 Å². The van der Waals surface area contributed by atoms with Crippen molar-refractivity contribution >= 4 is 32.8 Å². The summed E-state index contributed by atoms with van der Waals surface area (Å²) in [4.78, 5) is 30.3. The molecule has 0 aliphatic rings. The van der Waals surface area contributed by atoms with E-state index in [9.17, 15) is 27.5 Å². The molecule has 2 N–H and O–H groups in total. The van der Waals surface area contributed by atoms with Crippen LogP contribution in [0, 0.1) is 12.7 Å². The summed E-state index contributed by atoms with van der Waals surface area (Å²) in [6.45, 7) is 1.57. The van der Waals surface area contributed by atoms with E-state index in [2.05, 4.69) is 9.97 Å². The number of ether oxygens (including phenoxy) is 1. The molecule has 4 aromatic rings. The van der Waals surface area contributed by atoms with Gasteiger partial charge in [-0.25, -0.2) is 31.9 Å². The average Bonchev–Trinajstić information content (AvgIpc) is 3.14. The van der Waals surface area contributed by atoms with Crippen LogP contribution in [-0.2, 0) is 10.0 Å². The molecule has 0 radical (unpaired) electrons. The fourth-order valence-electron chi connectivity index (χ4n) is 3.57. The van der Waals surface area contributed by atoms with Crippen molar-refractivity contribution in [3.63, 3.8) is 0 Å². The van der Waals surface area contributed by atoms with Gasteiger partial charge >= 0.3 is 11.7 Å². The first-order chi connectivity index (χ1) is 16.1.